The van der Waals surface area contributed by atoms with Gasteiger partial charge in [-0.05, 0) is 18.1 Å². The first-order valence-corrected chi connectivity index (χ1v) is 6.42. The molecule has 19 heavy (non-hydrogen) atoms. The number of hydrogen-bond donors (Lipinski definition) is 0. The average Bonchev–Trinajstić information content (AvgIpc) is 2.80. The lowest BCUT2D eigenvalue weighted by Gasteiger charge is -2.19. The van der Waals surface area contributed by atoms with E-state index < -0.39 is 5.67 Å². The van der Waals surface area contributed by atoms with Gasteiger partial charge in [-0.15, -0.1) is 0 Å². The number of amides is 1. The summed E-state index contributed by atoms with van der Waals surface area (Å²) in [4.78, 5) is 17.4. The molecule has 0 radical (unpaired) electrons. The second kappa shape index (κ2) is 5.40. The Morgan fingerprint density at radius 2 is 2.32 bits per heavy atom. The predicted molar refractivity (Wildman–Crippen MR) is 71.0 cm³/mol. The molecule has 0 spiro atoms. The molecular weight excluding hydrogens is 243 g/mol. The quantitative estimate of drug-likeness (QED) is 0.724. The minimum atomic E-state index is -1.61. The highest BCUT2D eigenvalue weighted by Crippen LogP contribution is 2.26. The van der Waals surface area contributed by atoms with Crippen molar-refractivity contribution in [3.05, 3.63) is 30.1 Å². The van der Waals surface area contributed by atoms with Crippen LogP contribution in [-0.4, -0.2) is 34.5 Å². The topological polar surface area (TPSA) is 33.2 Å². The molecule has 2 rings (SSSR count). The Labute approximate surface area is 112 Å². The van der Waals surface area contributed by atoms with Gasteiger partial charge in [0.05, 0.1) is 6.54 Å². The highest BCUT2D eigenvalue weighted by atomic mass is 19.1. The van der Waals surface area contributed by atoms with Crippen molar-refractivity contribution >= 4 is 5.91 Å². The van der Waals surface area contributed by atoms with E-state index in [4.69, 9.17) is 0 Å². The van der Waals surface area contributed by atoms with Crippen LogP contribution in [-0.2, 0) is 4.79 Å². The van der Waals surface area contributed by atoms with Crippen LogP contribution in [0, 0.1) is 17.8 Å². The molecule has 2 heterocycles. The first kappa shape index (κ1) is 13.5. The van der Waals surface area contributed by atoms with E-state index >= 15 is 0 Å². The molecule has 1 aromatic rings. The van der Waals surface area contributed by atoms with Crippen LogP contribution in [0.4, 0.5) is 4.39 Å². The molecule has 100 valence electrons. The largest absolute Gasteiger partial charge is 0.338 e. The number of carbonyl (C=O) groups is 1. The van der Waals surface area contributed by atoms with Gasteiger partial charge in [0.2, 0.25) is 5.91 Å². The van der Waals surface area contributed by atoms with Crippen molar-refractivity contribution < 1.29 is 9.18 Å². The summed E-state index contributed by atoms with van der Waals surface area (Å²) in [6.45, 7) is 4.13. The van der Waals surface area contributed by atoms with Crippen LogP contribution in [0.5, 0.6) is 0 Å². The van der Waals surface area contributed by atoms with E-state index in [0.717, 1.165) is 0 Å². The minimum Gasteiger partial charge on any atom is -0.338 e. The number of hydrogen-bond acceptors (Lipinski definition) is 2. The summed E-state index contributed by atoms with van der Waals surface area (Å²) in [5, 5.41) is 0. The second-order valence-electron chi connectivity index (χ2n) is 5.09. The number of nitrogens with zero attached hydrogens (tertiary/aromatic N) is 2. The number of rotatable bonds is 1. The highest BCUT2D eigenvalue weighted by molar-refractivity contribution is 5.78. The summed E-state index contributed by atoms with van der Waals surface area (Å²) in [5.41, 5.74) is -1.06. The van der Waals surface area contributed by atoms with Crippen molar-refractivity contribution in [3.8, 4) is 11.8 Å². The van der Waals surface area contributed by atoms with Crippen molar-refractivity contribution in [1.29, 1.82) is 0 Å². The number of alkyl halides is 1. The van der Waals surface area contributed by atoms with Gasteiger partial charge in [0.15, 0.2) is 5.67 Å². The second-order valence-corrected chi connectivity index (χ2v) is 5.09. The minimum absolute atomic E-state index is 0.0147. The summed E-state index contributed by atoms with van der Waals surface area (Å²) in [6, 6.07) is 5.34. The molecule has 1 amide bonds. The van der Waals surface area contributed by atoms with Gasteiger partial charge in [0.1, 0.15) is 5.69 Å². The van der Waals surface area contributed by atoms with Gasteiger partial charge in [0, 0.05) is 25.1 Å². The van der Waals surface area contributed by atoms with Crippen LogP contribution in [0.25, 0.3) is 0 Å². The summed E-state index contributed by atoms with van der Waals surface area (Å²) in [5.74, 6) is 5.25. The molecule has 0 N–H and O–H groups in total. The van der Waals surface area contributed by atoms with E-state index in [1.807, 2.05) is 19.9 Å². The van der Waals surface area contributed by atoms with E-state index in [-0.39, 0.29) is 24.8 Å². The summed E-state index contributed by atoms with van der Waals surface area (Å²) in [6.07, 6.45) is 1.89. The maximum atomic E-state index is 14.5. The van der Waals surface area contributed by atoms with Crippen molar-refractivity contribution in [3.63, 3.8) is 0 Å². The molecule has 1 aromatic heterocycles. The Morgan fingerprint density at radius 1 is 1.53 bits per heavy atom. The van der Waals surface area contributed by atoms with Gasteiger partial charge >= 0.3 is 0 Å². The van der Waals surface area contributed by atoms with E-state index in [9.17, 15) is 9.18 Å². The van der Waals surface area contributed by atoms with Gasteiger partial charge in [-0.25, -0.2) is 9.37 Å². The van der Waals surface area contributed by atoms with Gasteiger partial charge in [-0.1, -0.05) is 25.8 Å². The number of aromatic nitrogens is 1. The number of halogens is 1. The van der Waals surface area contributed by atoms with E-state index in [2.05, 4.69) is 16.8 Å². The Morgan fingerprint density at radius 3 is 2.95 bits per heavy atom. The maximum absolute atomic E-state index is 14.5. The summed E-state index contributed by atoms with van der Waals surface area (Å²) >= 11 is 0. The molecule has 1 aliphatic heterocycles. The van der Waals surface area contributed by atoms with Crippen molar-refractivity contribution in [2.75, 3.05) is 13.1 Å². The van der Waals surface area contributed by atoms with E-state index in [0.29, 0.717) is 12.2 Å². The van der Waals surface area contributed by atoms with E-state index in [1.54, 1.807) is 23.2 Å². The van der Waals surface area contributed by atoms with Crippen LogP contribution in [0.2, 0.25) is 0 Å². The fourth-order valence-electron chi connectivity index (χ4n) is 2.04. The fraction of sp³-hybridized carbons (Fsp3) is 0.467. The summed E-state index contributed by atoms with van der Waals surface area (Å²) in [7, 11) is 0. The van der Waals surface area contributed by atoms with Crippen LogP contribution in [0.15, 0.2) is 24.4 Å². The Kier molecular flexibility index (Phi) is 3.84. The SMILES string of the molecule is CC(C)C(=O)N1CCC(F)(C#Cc2ccccn2)C1. The van der Waals surface area contributed by atoms with Crippen LogP contribution < -0.4 is 0 Å². The molecule has 1 aliphatic rings. The molecule has 4 heteroatoms. The van der Waals surface area contributed by atoms with E-state index in [1.165, 1.54) is 0 Å². The Balaban J connectivity index is 2.06. The van der Waals surface area contributed by atoms with Crippen LogP contribution >= 0.6 is 0 Å². The number of carbonyl (C=O) groups excluding carboxylic acids is 1. The molecule has 1 saturated heterocycles. The van der Waals surface area contributed by atoms with Gasteiger partial charge in [0.25, 0.3) is 0 Å². The molecule has 0 saturated carbocycles. The monoisotopic (exact) mass is 260 g/mol. The Bertz CT molecular complexity index is 518. The van der Waals surface area contributed by atoms with Crippen LogP contribution in [0.1, 0.15) is 26.0 Å². The molecule has 1 unspecified atom stereocenters. The molecule has 1 fully saturated rings. The smallest absolute Gasteiger partial charge is 0.225 e. The predicted octanol–water partition coefficient (Wildman–Crippen LogP) is 2.03. The molecular formula is C15H17FN2O. The van der Waals surface area contributed by atoms with Crippen molar-refractivity contribution in [2.45, 2.75) is 25.9 Å². The zero-order valence-electron chi connectivity index (χ0n) is 11.2. The zero-order chi connectivity index (χ0) is 13.9. The fourth-order valence-corrected chi connectivity index (χ4v) is 2.04. The zero-order valence-corrected chi connectivity index (χ0v) is 11.2. The third-order valence-corrected chi connectivity index (χ3v) is 3.10. The molecule has 0 bridgehead atoms. The first-order valence-electron chi connectivity index (χ1n) is 6.42. The first-order chi connectivity index (χ1) is 9.00. The van der Waals surface area contributed by atoms with Crippen molar-refractivity contribution in [2.24, 2.45) is 5.92 Å². The van der Waals surface area contributed by atoms with Gasteiger partial charge < -0.3 is 4.90 Å². The lowest BCUT2D eigenvalue weighted by atomic mass is 10.1. The van der Waals surface area contributed by atoms with Crippen LogP contribution in [0.3, 0.4) is 0 Å². The molecule has 1 atom stereocenters. The van der Waals surface area contributed by atoms with Gasteiger partial charge in [-0.2, -0.15) is 0 Å². The Hall–Kier alpha value is -1.89. The number of likely N-dealkylation sites (tertiary alicyclic amines) is 1. The third-order valence-electron chi connectivity index (χ3n) is 3.10. The average molecular weight is 260 g/mol. The molecule has 3 nitrogen and oxygen atoms in total. The normalized spacial score (nSPS) is 22.2. The number of pyridine rings is 1. The molecule has 0 aliphatic carbocycles. The lowest BCUT2D eigenvalue weighted by Crippen LogP contribution is -2.35. The van der Waals surface area contributed by atoms with Crippen molar-refractivity contribution in [1.82, 2.24) is 9.88 Å². The van der Waals surface area contributed by atoms with Gasteiger partial charge in [-0.3, -0.25) is 4.79 Å². The highest BCUT2D eigenvalue weighted by Gasteiger charge is 2.39. The third kappa shape index (κ3) is 3.31. The standard InChI is InChI=1S/C15H17FN2O/c1-12(2)14(19)18-10-8-15(16,11-18)7-6-13-5-3-4-9-17-13/h3-5,9,12H,8,10-11H2,1-2H3. The maximum Gasteiger partial charge on any atom is 0.225 e. The lowest BCUT2D eigenvalue weighted by molar-refractivity contribution is -0.133. The summed E-state index contributed by atoms with van der Waals surface area (Å²) < 4.78 is 14.5. The molecule has 0 aromatic carbocycles.